The van der Waals surface area contributed by atoms with E-state index in [1.807, 2.05) is 6.92 Å². The van der Waals surface area contributed by atoms with Crippen molar-refractivity contribution >= 4 is 11.7 Å². The number of nitrogens with one attached hydrogen (secondary N) is 1. The Labute approximate surface area is 105 Å². The standard InChI is InChI=1S/C13H18FNO3/c1-9(8-16)4-3-7-15-12-10(13(17)18)5-2-6-11(12)14/h2,5-6,9,15-16H,3-4,7-8H2,1H3,(H,17,18). The van der Waals surface area contributed by atoms with Crippen molar-refractivity contribution in [2.75, 3.05) is 18.5 Å². The Morgan fingerprint density at radius 3 is 2.83 bits per heavy atom. The van der Waals surface area contributed by atoms with Gasteiger partial charge in [-0.05, 0) is 30.9 Å². The van der Waals surface area contributed by atoms with Crippen LogP contribution in [-0.2, 0) is 0 Å². The Kier molecular flexibility index (Phi) is 5.58. The molecule has 0 aromatic heterocycles. The molecule has 0 aliphatic rings. The van der Waals surface area contributed by atoms with Crippen molar-refractivity contribution in [3.8, 4) is 0 Å². The monoisotopic (exact) mass is 255 g/mol. The van der Waals surface area contributed by atoms with Crippen LogP contribution >= 0.6 is 0 Å². The highest BCUT2D eigenvalue weighted by Crippen LogP contribution is 2.20. The third-order valence-electron chi connectivity index (χ3n) is 2.73. The molecule has 0 amide bonds. The quantitative estimate of drug-likeness (QED) is 0.654. The van der Waals surface area contributed by atoms with Crippen LogP contribution in [0.5, 0.6) is 0 Å². The van der Waals surface area contributed by atoms with Gasteiger partial charge in [0.05, 0.1) is 11.3 Å². The lowest BCUT2D eigenvalue weighted by Crippen LogP contribution is -2.11. The summed E-state index contributed by atoms with van der Waals surface area (Å²) in [7, 11) is 0. The van der Waals surface area contributed by atoms with Gasteiger partial charge < -0.3 is 15.5 Å². The smallest absolute Gasteiger partial charge is 0.337 e. The number of halogens is 1. The van der Waals surface area contributed by atoms with Gasteiger partial charge >= 0.3 is 5.97 Å². The van der Waals surface area contributed by atoms with Gasteiger partial charge in [-0.25, -0.2) is 9.18 Å². The van der Waals surface area contributed by atoms with Gasteiger partial charge in [-0.1, -0.05) is 13.0 Å². The Morgan fingerprint density at radius 2 is 2.22 bits per heavy atom. The second-order valence-corrected chi connectivity index (χ2v) is 4.32. The van der Waals surface area contributed by atoms with Gasteiger partial charge in [-0.3, -0.25) is 0 Å². The van der Waals surface area contributed by atoms with Crippen LogP contribution in [-0.4, -0.2) is 29.3 Å². The topological polar surface area (TPSA) is 69.6 Å². The van der Waals surface area contributed by atoms with Crippen molar-refractivity contribution in [2.24, 2.45) is 5.92 Å². The number of carboxylic acid groups (broad SMARTS) is 1. The molecule has 0 aliphatic carbocycles. The van der Waals surface area contributed by atoms with E-state index >= 15 is 0 Å². The summed E-state index contributed by atoms with van der Waals surface area (Å²) in [6.45, 7) is 2.53. The molecule has 0 fully saturated rings. The van der Waals surface area contributed by atoms with E-state index in [-0.39, 0.29) is 23.8 Å². The summed E-state index contributed by atoms with van der Waals surface area (Å²) in [6, 6.07) is 3.97. The van der Waals surface area contributed by atoms with Crippen LogP contribution in [0, 0.1) is 11.7 Å². The highest BCUT2D eigenvalue weighted by molar-refractivity contribution is 5.94. The average molecular weight is 255 g/mol. The molecule has 0 saturated heterocycles. The molecule has 0 spiro atoms. The molecule has 0 bridgehead atoms. The lowest BCUT2D eigenvalue weighted by Gasteiger charge is -2.12. The van der Waals surface area contributed by atoms with Gasteiger partial charge in [0.25, 0.3) is 0 Å². The third-order valence-corrected chi connectivity index (χ3v) is 2.73. The molecule has 1 unspecified atom stereocenters. The predicted octanol–water partition coefficient (Wildman–Crippen LogP) is 2.34. The number of rotatable bonds is 7. The zero-order chi connectivity index (χ0) is 13.5. The first kappa shape index (κ1) is 14.4. The summed E-state index contributed by atoms with van der Waals surface area (Å²) in [5, 5.41) is 20.6. The molecule has 18 heavy (non-hydrogen) atoms. The van der Waals surface area contributed by atoms with Crippen molar-refractivity contribution in [1.82, 2.24) is 0 Å². The normalized spacial score (nSPS) is 12.2. The summed E-state index contributed by atoms with van der Waals surface area (Å²) in [5.41, 5.74) is -0.0353. The lowest BCUT2D eigenvalue weighted by molar-refractivity contribution is 0.0697. The second-order valence-electron chi connectivity index (χ2n) is 4.32. The van der Waals surface area contributed by atoms with Crippen LogP contribution in [0.4, 0.5) is 10.1 Å². The predicted molar refractivity (Wildman–Crippen MR) is 67.3 cm³/mol. The van der Waals surface area contributed by atoms with E-state index in [4.69, 9.17) is 10.2 Å². The van der Waals surface area contributed by atoms with E-state index in [2.05, 4.69) is 5.32 Å². The van der Waals surface area contributed by atoms with E-state index < -0.39 is 11.8 Å². The Morgan fingerprint density at radius 1 is 1.50 bits per heavy atom. The molecule has 0 radical (unpaired) electrons. The maximum Gasteiger partial charge on any atom is 0.337 e. The minimum Gasteiger partial charge on any atom is -0.478 e. The molecule has 3 N–H and O–H groups in total. The van der Waals surface area contributed by atoms with Crippen LogP contribution in [0.2, 0.25) is 0 Å². The number of hydrogen-bond donors (Lipinski definition) is 3. The summed E-state index contributed by atoms with van der Waals surface area (Å²) >= 11 is 0. The first-order valence-electron chi connectivity index (χ1n) is 5.92. The van der Waals surface area contributed by atoms with E-state index in [1.54, 1.807) is 0 Å². The molecule has 4 nitrogen and oxygen atoms in total. The molecule has 1 atom stereocenters. The molecule has 0 heterocycles. The van der Waals surface area contributed by atoms with E-state index in [1.165, 1.54) is 18.2 Å². The zero-order valence-electron chi connectivity index (χ0n) is 10.3. The fourth-order valence-corrected chi connectivity index (χ4v) is 1.64. The van der Waals surface area contributed by atoms with Crippen molar-refractivity contribution in [1.29, 1.82) is 0 Å². The van der Waals surface area contributed by atoms with E-state index in [0.29, 0.717) is 6.54 Å². The zero-order valence-corrected chi connectivity index (χ0v) is 10.3. The number of hydrogen-bond acceptors (Lipinski definition) is 3. The highest BCUT2D eigenvalue weighted by atomic mass is 19.1. The maximum absolute atomic E-state index is 13.5. The summed E-state index contributed by atoms with van der Waals surface area (Å²) in [4.78, 5) is 10.9. The molecule has 0 aliphatic heterocycles. The summed E-state index contributed by atoms with van der Waals surface area (Å²) in [6.07, 6.45) is 1.55. The first-order chi connectivity index (χ1) is 8.56. The van der Waals surface area contributed by atoms with E-state index in [9.17, 15) is 9.18 Å². The largest absolute Gasteiger partial charge is 0.478 e. The molecule has 1 aromatic carbocycles. The van der Waals surface area contributed by atoms with Crippen molar-refractivity contribution in [3.63, 3.8) is 0 Å². The Hall–Kier alpha value is -1.62. The fourth-order valence-electron chi connectivity index (χ4n) is 1.64. The number of benzene rings is 1. The molecule has 1 rings (SSSR count). The fraction of sp³-hybridized carbons (Fsp3) is 0.462. The van der Waals surface area contributed by atoms with Gasteiger partial charge in [0.2, 0.25) is 0 Å². The van der Waals surface area contributed by atoms with Crippen molar-refractivity contribution < 1.29 is 19.4 Å². The van der Waals surface area contributed by atoms with E-state index in [0.717, 1.165) is 12.8 Å². The summed E-state index contributed by atoms with van der Waals surface area (Å²) < 4.78 is 13.5. The Bertz CT molecular complexity index is 409. The maximum atomic E-state index is 13.5. The lowest BCUT2D eigenvalue weighted by atomic mass is 10.1. The molecular weight excluding hydrogens is 237 g/mol. The SMILES string of the molecule is CC(CO)CCCNc1c(F)cccc1C(=O)O. The first-order valence-corrected chi connectivity index (χ1v) is 5.92. The number of aromatic carboxylic acids is 1. The minimum absolute atomic E-state index is 0.0293. The number of para-hydroxylation sites is 1. The van der Waals surface area contributed by atoms with Crippen LogP contribution in [0.3, 0.4) is 0 Å². The van der Waals surface area contributed by atoms with Crippen LogP contribution < -0.4 is 5.32 Å². The molecular formula is C13H18FNO3. The molecule has 0 saturated carbocycles. The second kappa shape index (κ2) is 6.96. The average Bonchev–Trinajstić information content (AvgIpc) is 2.35. The van der Waals surface area contributed by atoms with Gasteiger partial charge in [-0.15, -0.1) is 0 Å². The Balaban J connectivity index is 2.59. The van der Waals surface area contributed by atoms with Gasteiger partial charge in [0.1, 0.15) is 5.82 Å². The highest BCUT2D eigenvalue weighted by Gasteiger charge is 2.13. The van der Waals surface area contributed by atoms with Crippen molar-refractivity contribution in [3.05, 3.63) is 29.6 Å². The molecule has 1 aromatic rings. The van der Waals surface area contributed by atoms with Crippen LogP contribution in [0.1, 0.15) is 30.1 Å². The molecule has 100 valence electrons. The number of aliphatic hydroxyl groups is 1. The van der Waals surface area contributed by atoms with Crippen LogP contribution in [0.25, 0.3) is 0 Å². The van der Waals surface area contributed by atoms with Crippen molar-refractivity contribution in [2.45, 2.75) is 19.8 Å². The van der Waals surface area contributed by atoms with Gasteiger partial charge in [-0.2, -0.15) is 0 Å². The third kappa shape index (κ3) is 4.00. The minimum atomic E-state index is -1.15. The summed E-state index contributed by atoms with van der Waals surface area (Å²) in [5.74, 6) is -1.52. The van der Waals surface area contributed by atoms with Gasteiger partial charge in [0.15, 0.2) is 0 Å². The number of aliphatic hydroxyl groups excluding tert-OH is 1. The number of carboxylic acids is 1. The van der Waals surface area contributed by atoms with Gasteiger partial charge in [0, 0.05) is 13.2 Å². The number of anilines is 1. The number of carbonyl (C=O) groups is 1. The molecule has 5 heteroatoms. The van der Waals surface area contributed by atoms with Crippen LogP contribution in [0.15, 0.2) is 18.2 Å².